The molecule has 0 saturated carbocycles. The highest BCUT2D eigenvalue weighted by atomic mass is 16.3. The number of benzene rings is 24. The van der Waals surface area contributed by atoms with Crippen molar-refractivity contribution in [3.05, 3.63) is 576 Å². The third-order valence-electron chi connectivity index (χ3n) is 28.0. The van der Waals surface area contributed by atoms with E-state index in [2.05, 4.69) is 555 Å². The molecule has 0 radical (unpaired) electrons. The van der Waals surface area contributed by atoms with Gasteiger partial charge in [-0.15, -0.1) is 0 Å². The second-order valence-electron chi connectivity index (χ2n) is 36.9. The molecule has 688 valence electrons. The van der Waals surface area contributed by atoms with Crippen LogP contribution in [0, 0.1) is 0 Å². The van der Waals surface area contributed by atoms with E-state index < -0.39 is 0 Å². The maximum Gasteiger partial charge on any atom is 0.159 e. The number of fused-ring (bicyclic) bond motifs is 11. The largest absolute Gasteiger partial charge is 0.456 e. The lowest BCUT2D eigenvalue weighted by atomic mass is 9.97. The molecule has 0 amide bonds. The van der Waals surface area contributed by atoms with E-state index in [1.165, 1.54) is 133 Å². The van der Waals surface area contributed by atoms with Crippen molar-refractivity contribution in [2.24, 2.45) is 0 Å². The summed E-state index contributed by atoms with van der Waals surface area (Å²) in [6.07, 6.45) is 0. The summed E-state index contributed by atoms with van der Waals surface area (Å²) < 4.78 is 18.9. The van der Waals surface area contributed by atoms with Gasteiger partial charge in [0.1, 0.15) is 27.9 Å². The van der Waals surface area contributed by atoms with Gasteiger partial charge in [0, 0.05) is 77.8 Å². The van der Waals surface area contributed by atoms with Crippen LogP contribution in [0.2, 0.25) is 0 Å². The Morgan fingerprint density at radius 1 is 0.116 bits per heavy atom. The lowest BCUT2D eigenvalue weighted by Crippen LogP contribution is -2.10. The first-order valence-corrected chi connectivity index (χ1v) is 49.7. The van der Waals surface area contributed by atoms with Crippen molar-refractivity contribution in [1.82, 2.24) is 0 Å². The topological polar surface area (TPSA) is 49.1 Å². The van der Waals surface area contributed by atoms with E-state index in [1.807, 2.05) is 36.4 Å². The van der Waals surface area contributed by atoms with E-state index in [4.69, 9.17) is 13.3 Å². The fourth-order valence-electron chi connectivity index (χ4n) is 20.7. The molecular weight excluding hydrogens is 1770 g/mol. The Balaban J connectivity index is 0.000000114. The SMILES string of the molecule is c1ccc(-c2cccc(-c3ccc(N(c4ccc(-c5cccc(-c6ccccc6)c5)cc4)c4ccc5oc6ccccc6c5c4)cc3)c2)cc1.c1ccc(-c2cccc(-c3ccc(N(c4ccc(-c5cccc(-c6ccccc6)c5)cc4)c4ccc5oc6ccccc6c5c4)cc3)c2)cc1.c1ccc2c(-c3ccc(N(c4ccc(-c5cccc6ccccc56)cc4)c4cccc5c4oc4ccccc45)cc3)cccc2c1. The molecule has 24 aromatic carbocycles. The number of nitrogens with zero attached hydrogens (tertiary/aromatic N) is 3. The van der Waals surface area contributed by atoms with E-state index in [-0.39, 0.29) is 0 Å². The van der Waals surface area contributed by atoms with Crippen LogP contribution < -0.4 is 14.7 Å². The molecule has 3 heterocycles. The van der Waals surface area contributed by atoms with Gasteiger partial charge in [-0.3, -0.25) is 0 Å². The highest BCUT2D eigenvalue weighted by Crippen LogP contribution is 2.48. The average Bonchev–Trinajstić information content (AvgIpc) is 1.74. The van der Waals surface area contributed by atoms with Crippen molar-refractivity contribution in [1.29, 1.82) is 0 Å². The minimum absolute atomic E-state index is 0.875. The Morgan fingerprint density at radius 3 is 0.664 bits per heavy atom. The highest BCUT2D eigenvalue weighted by Gasteiger charge is 2.24. The van der Waals surface area contributed by atoms with Crippen LogP contribution in [0.3, 0.4) is 0 Å². The number of para-hydroxylation sites is 4. The van der Waals surface area contributed by atoms with Gasteiger partial charge in [0.05, 0.1) is 5.69 Å². The third kappa shape index (κ3) is 17.7. The minimum atomic E-state index is 0.875. The van der Waals surface area contributed by atoms with Crippen LogP contribution in [0.1, 0.15) is 0 Å². The minimum Gasteiger partial charge on any atom is -0.456 e. The van der Waals surface area contributed by atoms with Gasteiger partial charge in [-0.1, -0.05) is 419 Å². The van der Waals surface area contributed by atoms with Crippen LogP contribution in [-0.4, -0.2) is 0 Å². The van der Waals surface area contributed by atoms with Gasteiger partial charge in [-0.25, -0.2) is 0 Å². The number of anilines is 9. The van der Waals surface area contributed by atoms with Gasteiger partial charge in [0.2, 0.25) is 0 Å². The highest BCUT2D eigenvalue weighted by molar-refractivity contribution is 6.12. The molecule has 0 fully saturated rings. The molecule has 3 aromatic heterocycles. The van der Waals surface area contributed by atoms with Gasteiger partial charge in [0.25, 0.3) is 0 Å². The number of hydrogen-bond acceptors (Lipinski definition) is 6. The predicted octanol–water partition coefficient (Wildman–Crippen LogP) is 40.1. The fourth-order valence-corrected chi connectivity index (χ4v) is 20.7. The van der Waals surface area contributed by atoms with Crippen molar-refractivity contribution < 1.29 is 13.3 Å². The van der Waals surface area contributed by atoms with E-state index in [0.29, 0.717) is 0 Å². The standard InChI is InChI=1S/2C48H33NO.C44H29NO/c2*1-3-11-34(12-4-1)38-15-9-17-40(31-38)36-21-25-42(26-22-36)49(44-29-30-48-46(33-44)45-19-7-8-20-47(45)50-48)43-27-23-37(24-28-43)41-18-10-16-39(32-41)35-13-5-2-6-14-35;1-3-14-36-30(10-1)12-7-17-38(36)32-22-26-34(27-23-32)45(42-20-9-19-41-40-16-5-6-21-43(40)46-44(41)42)35-28-24-33(25-29-35)39-18-8-13-31-11-2-4-15-37(31)39/h2*1-33H;1-29H. The first kappa shape index (κ1) is 88.1. The molecule has 0 unspecified atom stereocenters. The van der Waals surface area contributed by atoms with Crippen LogP contribution >= 0.6 is 0 Å². The van der Waals surface area contributed by atoms with Gasteiger partial charge >= 0.3 is 0 Å². The first-order valence-electron chi connectivity index (χ1n) is 49.7. The molecule has 0 saturated heterocycles. The normalized spacial score (nSPS) is 11.3. The molecule has 6 nitrogen and oxygen atoms in total. The summed E-state index contributed by atoms with van der Waals surface area (Å²) in [6.45, 7) is 0. The second-order valence-corrected chi connectivity index (χ2v) is 36.9. The van der Waals surface area contributed by atoms with Crippen LogP contribution in [0.25, 0.3) is 199 Å². The molecule has 0 aliphatic rings. The van der Waals surface area contributed by atoms with Crippen LogP contribution in [0.15, 0.2) is 590 Å². The van der Waals surface area contributed by atoms with Crippen molar-refractivity contribution in [3.63, 3.8) is 0 Å². The predicted molar refractivity (Wildman–Crippen MR) is 615 cm³/mol. The van der Waals surface area contributed by atoms with Crippen LogP contribution in [-0.2, 0) is 0 Å². The number of hydrogen-bond donors (Lipinski definition) is 0. The molecule has 0 bridgehead atoms. The summed E-state index contributed by atoms with van der Waals surface area (Å²) in [4.78, 5) is 6.97. The monoisotopic (exact) mass is 1870 g/mol. The first-order chi connectivity index (χ1) is 72.3. The summed E-state index contributed by atoms with van der Waals surface area (Å²) in [5.74, 6) is 0. The van der Waals surface area contributed by atoms with E-state index in [0.717, 1.165) is 117 Å². The van der Waals surface area contributed by atoms with Gasteiger partial charge in [-0.2, -0.15) is 0 Å². The quantitative estimate of drug-likeness (QED) is 0.0804. The second kappa shape index (κ2) is 39.4. The molecule has 146 heavy (non-hydrogen) atoms. The number of rotatable bonds is 19. The summed E-state index contributed by atoms with van der Waals surface area (Å²) in [5, 5.41) is 11.7. The maximum atomic E-state index is 6.55. The lowest BCUT2D eigenvalue weighted by molar-refractivity contribution is 0.668. The van der Waals surface area contributed by atoms with Crippen LogP contribution in [0.5, 0.6) is 0 Å². The fraction of sp³-hybridized carbons (Fsp3) is 0. The molecule has 0 atom stereocenters. The molecule has 6 heteroatoms. The number of furan rings is 3. The van der Waals surface area contributed by atoms with Crippen molar-refractivity contribution in [2.45, 2.75) is 0 Å². The van der Waals surface area contributed by atoms with E-state index >= 15 is 0 Å². The summed E-state index contributed by atoms with van der Waals surface area (Å²) in [6, 6.07) is 205. The summed E-state index contributed by atoms with van der Waals surface area (Å²) >= 11 is 0. The molecule has 27 rings (SSSR count). The smallest absolute Gasteiger partial charge is 0.159 e. The Labute approximate surface area is 848 Å². The maximum absolute atomic E-state index is 6.55. The van der Waals surface area contributed by atoms with Crippen molar-refractivity contribution in [2.75, 3.05) is 14.7 Å². The third-order valence-corrected chi connectivity index (χ3v) is 28.0. The molecule has 0 aliphatic carbocycles. The zero-order valence-corrected chi connectivity index (χ0v) is 79.9. The van der Waals surface area contributed by atoms with Gasteiger partial charge in [0.15, 0.2) is 5.58 Å². The Kier molecular flexibility index (Phi) is 23.7. The molecule has 27 aromatic rings. The molecule has 0 spiro atoms. The Hall–Kier alpha value is -19.4. The Bertz CT molecular complexity index is 8630. The zero-order valence-electron chi connectivity index (χ0n) is 79.9. The van der Waals surface area contributed by atoms with Crippen LogP contribution in [0.4, 0.5) is 51.2 Å². The molecule has 0 N–H and O–H groups in total. The Morgan fingerprint density at radius 2 is 0.336 bits per heavy atom. The van der Waals surface area contributed by atoms with E-state index in [1.54, 1.807) is 0 Å². The molecule has 0 aliphatic heterocycles. The van der Waals surface area contributed by atoms with Crippen molar-refractivity contribution >= 4 is 139 Å². The van der Waals surface area contributed by atoms with Gasteiger partial charge < -0.3 is 28.0 Å². The van der Waals surface area contributed by atoms with Gasteiger partial charge in [-0.05, 0) is 291 Å². The lowest BCUT2D eigenvalue weighted by Gasteiger charge is -2.26. The van der Waals surface area contributed by atoms with E-state index in [9.17, 15) is 0 Å². The van der Waals surface area contributed by atoms with Crippen molar-refractivity contribution in [3.8, 4) is 111 Å². The zero-order chi connectivity index (χ0) is 97.0. The summed E-state index contributed by atoms with van der Waals surface area (Å²) in [5.41, 5.74) is 39.0. The molecular formula is C140H95N3O3. The summed E-state index contributed by atoms with van der Waals surface area (Å²) in [7, 11) is 0. The average molecular weight is 1870 g/mol.